The molecule has 2 atom stereocenters. The Bertz CT molecular complexity index is 530. The molecule has 0 bridgehead atoms. The summed E-state index contributed by atoms with van der Waals surface area (Å²) in [6.45, 7) is 5.20. The van der Waals surface area contributed by atoms with Crippen molar-refractivity contribution in [1.29, 1.82) is 0 Å². The summed E-state index contributed by atoms with van der Waals surface area (Å²) in [4.78, 5) is 2.36. The first-order valence-corrected chi connectivity index (χ1v) is 10.3. The summed E-state index contributed by atoms with van der Waals surface area (Å²) < 4.78 is 32.8. The Labute approximate surface area is 134 Å². The van der Waals surface area contributed by atoms with Gasteiger partial charge in [0.05, 0.1) is 11.9 Å². The van der Waals surface area contributed by atoms with Crippen LogP contribution >= 0.6 is 0 Å². The van der Waals surface area contributed by atoms with E-state index in [1.807, 2.05) is 0 Å². The fourth-order valence-electron chi connectivity index (χ4n) is 4.30. The van der Waals surface area contributed by atoms with Crippen molar-refractivity contribution < 1.29 is 13.2 Å². The van der Waals surface area contributed by atoms with Gasteiger partial charge in [-0.2, -0.15) is 0 Å². The predicted molar refractivity (Wildman–Crippen MR) is 85.1 cm³/mol. The molecule has 0 aromatic heterocycles. The zero-order chi connectivity index (χ0) is 15.4. The van der Waals surface area contributed by atoms with Gasteiger partial charge in [-0.1, -0.05) is 0 Å². The molecular weight excluding hydrogens is 300 g/mol. The lowest BCUT2D eigenvalue weighted by atomic mass is 9.78. The smallest absolute Gasteiger partial charge is 0.217 e. The van der Waals surface area contributed by atoms with Gasteiger partial charge >= 0.3 is 0 Å². The quantitative estimate of drug-likeness (QED) is 0.734. The Morgan fingerprint density at radius 3 is 2.59 bits per heavy atom. The zero-order valence-electron chi connectivity index (χ0n) is 13.5. The van der Waals surface area contributed by atoms with Gasteiger partial charge in [0.1, 0.15) is 0 Å². The van der Waals surface area contributed by atoms with Gasteiger partial charge in [0.15, 0.2) is 0 Å². The topological polar surface area (TPSA) is 49.9 Å². The van der Waals surface area contributed by atoms with Gasteiger partial charge in [-0.15, -0.1) is 0 Å². The van der Waals surface area contributed by atoms with Crippen molar-refractivity contribution >= 4 is 10.0 Å². The second kappa shape index (κ2) is 5.43. The molecule has 4 rings (SSSR count). The summed E-state index contributed by atoms with van der Waals surface area (Å²) >= 11 is 0. The minimum Gasteiger partial charge on any atom is -0.381 e. The van der Waals surface area contributed by atoms with E-state index < -0.39 is 10.0 Å². The third-order valence-electron chi connectivity index (χ3n) is 6.01. The maximum absolute atomic E-state index is 12.5. The van der Waals surface area contributed by atoms with Crippen LogP contribution in [0.25, 0.3) is 0 Å². The molecule has 0 amide bonds. The molecule has 2 heterocycles. The van der Waals surface area contributed by atoms with E-state index in [1.54, 1.807) is 4.31 Å². The number of likely N-dealkylation sites (tertiary alicyclic amines) is 1. The standard InChI is InChI=1S/C16H28N2O3S/c1-17-8-14(10-21-9-13-2-3-13)16(11-17)6-7-18(12-16)22(19,20)15-4-5-15/h13-15H,2-12H2,1H3/t14-,16+/m0/s1. The molecule has 0 N–H and O–H groups in total. The fraction of sp³-hybridized carbons (Fsp3) is 1.00. The second-order valence-corrected chi connectivity index (χ2v) is 10.3. The van der Waals surface area contributed by atoms with E-state index in [-0.39, 0.29) is 10.7 Å². The summed E-state index contributed by atoms with van der Waals surface area (Å²) in [6, 6.07) is 0. The van der Waals surface area contributed by atoms with Gasteiger partial charge < -0.3 is 9.64 Å². The first-order chi connectivity index (χ1) is 10.5. The molecule has 126 valence electrons. The SMILES string of the molecule is CN1C[C@@H](COCC2CC2)[C@]2(CCN(S(=O)(=O)C3CC3)C2)C1. The maximum atomic E-state index is 12.5. The molecule has 0 aromatic carbocycles. The van der Waals surface area contributed by atoms with Crippen molar-refractivity contribution in [3.63, 3.8) is 0 Å². The number of hydrogen-bond acceptors (Lipinski definition) is 4. The Hall–Kier alpha value is -0.170. The van der Waals surface area contributed by atoms with Crippen molar-refractivity contribution in [2.75, 3.05) is 46.4 Å². The van der Waals surface area contributed by atoms with Crippen molar-refractivity contribution in [1.82, 2.24) is 9.21 Å². The van der Waals surface area contributed by atoms with Crippen LogP contribution in [0.4, 0.5) is 0 Å². The molecule has 2 saturated carbocycles. The molecule has 0 aromatic rings. The first kappa shape index (κ1) is 15.4. The minimum atomic E-state index is -3.02. The third kappa shape index (κ3) is 2.83. The van der Waals surface area contributed by atoms with Crippen LogP contribution in [0.3, 0.4) is 0 Å². The summed E-state index contributed by atoms with van der Waals surface area (Å²) in [5.41, 5.74) is 0.125. The highest BCUT2D eigenvalue weighted by molar-refractivity contribution is 7.90. The summed E-state index contributed by atoms with van der Waals surface area (Å²) in [5, 5.41) is -0.0775. The van der Waals surface area contributed by atoms with Crippen LogP contribution in [0.2, 0.25) is 0 Å². The normalized spacial score (nSPS) is 37.4. The van der Waals surface area contributed by atoms with E-state index in [1.165, 1.54) is 12.8 Å². The van der Waals surface area contributed by atoms with Crippen LogP contribution < -0.4 is 0 Å². The lowest BCUT2D eigenvalue weighted by molar-refractivity contribution is 0.0581. The lowest BCUT2D eigenvalue weighted by Crippen LogP contribution is -2.39. The first-order valence-electron chi connectivity index (χ1n) is 8.75. The van der Waals surface area contributed by atoms with Gasteiger partial charge in [0.2, 0.25) is 10.0 Å². The highest BCUT2D eigenvalue weighted by Gasteiger charge is 2.53. The van der Waals surface area contributed by atoms with Crippen LogP contribution in [-0.2, 0) is 14.8 Å². The number of ether oxygens (including phenoxy) is 1. The Morgan fingerprint density at radius 1 is 1.14 bits per heavy atom. The van der Waals surface area contributed by atoms with Gasteiger partial charge in [-0.05, 0) is 45.1 Å². The molecule has 6 heteroatoms. The summed E-state index contributed by atoms with van der Waals surface area (Å²) in [6.07, 6.45) is 5.37. The van der Waals surface area contributed by atoms with Crippen molar-refractivity contribution in [2.24, 2.45) is 17.3 Å². The highest BCUT2D eigenvalue weighted by atomic mass is 32.2. The molecule has 0 radical (unpaired) electrons. The molecule has 2 aliphatic carbocycles. The van der Waals surface area contributed by atoms with Crippen molar-refractivity contribution in [2.45, 2.75) is 37.4 Å². The largest absolute Gasteiger partial charge is 0.381 e. The Morgan fingerprint density at radius 2 is 1.91 bits per heavy atom. The molecule has 22 heavy (non-hydrogen) atoms. The number of hydrogen-bond donors (Lipinski definition) is 0. The number of rotatable bonds is 6. The highest BCUT2D eigenvalue weighted by Crippen LogP contribution is 2.46. The Kier molecular flexibility index (Phi) is 3.79. The molecule has 4 fully saturated rings. The molecule has 2 aliphatic heterocycles. The molecule has 4 aliphatic rings. The van der Waals surface area contributed by atoms with Crippen molar-refractivity contribution in [3.05, 3.63) is 0 Å². The van der Waals surface area contributed by atoms with Gasteiger partial charge in [0.25, 0.3) is 0 Å². The molecule has 0 unspecified atom stereocenters. The van der Waals surface area contributed by atoms with Crippen molar-refractivity contribution in [3.8, 4) is 0 Å². The molecule has 1 spiro atoms. The Balaban J connectivity index is 1.41. The third-order valence-corrected chi connectivity index (χ3v) is 8.35. The van der Waals surface area contributed by atoms with E-state index in [0.29, 0.717) is 19.0 Å². The van der Waals surface area contributed by atoms with Crippen LogP contribution in [0.1, 0.15) is 32.1 Å². The lowest BCUT2D eigenvalue weighted by Gasteiger charge is -2.30. The van der Waals surface area contributed by atoms with Gasteiger partial charge in [0, 0.05) is 44.1 Å². The number of sulfonamides is 1. The fourth-order valence-corrected chi connectivity index (χ4v) is 6.24. The molecule has 2 saturated heterocycles. The minimum absolute atomic E-state index is 0.0775. The van der Waals surface area contributed by atoms with E-state index in [4.69, 9.17) is 4.74 Å². The van der Waals surface area contributed by atoms with Crippen LogP contribution in [-0.4, -0.2) is 69.3 Å². The summed E-state index contributed by atoms with van der Waals surface area (Å²) in [5.74, 6) is 1.28. The number of nitrogens with zero attached hydrogens (tertiary/aromatic N) is 2. The molecule has 5 nitrogen and oxygen atoms in total. The van der Waals surface area contributed by atoms with E-state index in [9.17, 15) is 8.42 Å². The monoisotopic (exact) mass is 328 g/mol. The summed E-state index contributed by atoms with van der Waals surface area (Å²) in [7, 11) is -0.866. The van der Waals surface area contributed by atoms with E-state index in [0.717, 1.165) is 51.5 Å². The van der Waals surface area contributed by atoms with Gasteiger partial charge in [-0.3, -0.25) is 0 Å². The molecular formula is C16H28N2O3S. The second-order valence-electron chi connectivity index (χ2n) is 8.06. The zero-order valence-corrected chi connectivity index (χ0v) is 14.4. The van der Waals surface area contributed by atoms with E-state index in [2.05, 4.69) is 11.9 Å². The van der Waals surface area contributed by atoms with Gasteiger partial charge in [-0.25, -0.2) is 12.7 Å². The average Bonchev–Trinajstić information content (AvgIpc) is 3.37. The van der Waals surface area contributed by atoms with Crippen LogP contribution in [0, 0.1) is 17.3 Å². The predicted octanol–water partition coefficient (Wildman–Crippen LogP) is 1.16. The average molecular weight is 328 g/mol. The maximum Gasteiger partial charge on any atom is 0.217 e. The van der Waals surface area contributed by atoms with E-state index >= 15 is 0 Å². The van der Waals surface area contributed by atoms with Crippen LogP contribution in [0.5, 0.6) is 0 Å². The van der Waals surface area contributed by atoms with Crippen LogP contribution in [0.15, 0.2) is 0 Å².